The van der Waals surface area contributed by atoms with E-state index in [-0.39, 0.29) is 11.9 Å². The minimum atomic E-state index is 0.196. The first-order chi connectivity index (χ1) is 5.66. The van der Waals surface area contributed by atoms with Crippen molar-refractivity contribution in [1.82, 2.24) is 10.0 Å². The first-order valence-electron chi connectivity index (χ1n) is 4.40. The second kappa shape index (κ2) is 3.87. The van der Waals surface area contributed by atoms with Crippen molar-refractivity contribution in [2.24, 2.45) is 5.73 Å². The summed E-state index contributed by atoms with van der Waals surface area (Å²) in [6.07, 6.45) is 1.62. The number of carbonyl (C=O) groups excluding carboxylic acids is 1. The van der Waals surface area contributed by atoms with Crippen LogP contribution >= 0.6 is 0 Å². The molecule has 1 saturated heterocycles. The highest BCUT2D eigenvalue weighted by Gasteiger charge is 2.25. The van der Waals surface area contributed by atoms with Crippen molar-refractivity contribution < 1.29 is 4.79 Å². The Morgan fingerprint density at radius 2 is 2.33 bits per heavy atom. The number of hydrogen-bond donors (Lipinski definition) is 1. The third-order valence-electron chi connectivity index (χ3n) is 2.37. The Kier molecular flexibility index (Phi) is 3.05. The van der Waals surface area contributed by atoms with E-state index < -0.39 is 0 Å². The molecule has 1 rings (SSSR count). The molecule has 1 aliphatic heterocycles. The third kappa shape index (κ3) is 1.76. The van der Waals surface area contributed by atoms with Crippen molar-refractivity contribution in [3.63, 3.8) is 0 Å². The van der Waals surface area contributed by atoms with Gasteiger partial charge in [0.05, 0.1) is 0 Å². The molecule has 1 heterocycles. The summed E-state index contributed by atoms with van der Waals surface area (Å²) in [5.41, 5.74) is 5.53. The predicted octanol–water partition coefficient (Wildman–Crippen LogP) is -0.197. The van der Waals surface area contributed by atoms with Crippen LogP contribution in [0, 0.1) is 0 Å². The Morgan fingerprint density at radius 1 is 1.67 bits per heavy atom. The van der Waals surface area contributed by atoms with Crippen LogP contribution in [0.2, 0.25) is 0 Å². The van der Waals surface area contributed by atoms with Gasteiger partial charge >= 0.3 is 0 Å². The van der Waals surface area contributed by atoms with Gasteiger partial charge in [-0.1, -0.05) is 0 Å². The fourth-order valence-electron chi connectivity index (χ4n) is 1.49. The lowest BCUT2D eigenvalue weighted by Crippen LogP contribution is -2.54. The molecule has 70 valence electrons. The summed E-state index contributed by atoms with van der Waals surface area (Å²) < 4.78 is 0. The van der Waals surface area contributed by atoms with Gasteiger partial charge in [0.2, 0.25) is 5.91 Å². The average Bonchev–Trinajstić information content (AvgIpc) is 2.08. The van der Waals surface area contributed by atoms with Crippen LogP contribution in [0.1, 0.15) is 19.8 Å². The third-order valence-corrected chi connectivity index (χ3v) is 2.37. The lowest BCUT2D eigenvalue weighted by molar-refractivity contribution is -0.155. The molecule has 1 amide bonds. The van der Waals surface area contributed by atoms with Gasteiger partial charge < -0.3 is 5.73 Å². The summed E-state index contributed by atoms with van der Waals surface area (Å²) in [5, 5.41) is 3.73. The van der Waals surface area contributed by atoms with Crippen molar-refractivity contribution in [2.75, 3.05) is 20.1 Å². The Morgan fingerprint density at radius 3 is 2.92 bits per heavy atom. The molecule has 1 aliphatic rings. The first kappa shape index (κ1) is 9.48. The van der Waals surface area contributed by atoms with E-state index in [0.717, 1.165) is 13.0 Å². The molecule has 0 aromatic carbocycles. The predicted molar refractivity (Wildman–Crippen MR) is 47.2 cm³/mol. The van der Waals surface area contributed by atoms with E-state index >= 15 is 0 Å². The maximum Gasteiger partial charge on any atom is 0.236 e. The average molecular weight is 171 g/mol. The largest absolute Gasteiger partial charge is 0.329 e. The van der Waals surface area contributed by atoms with Crippen molar-refractivity contribution in [3.8, 4) is 0 Å². The van der Waals surface area contributed by atoms with Gasteiger partial charge in [0, 0.05) is 32.6 Å². The molecular formula is C8H17N3O. The zero-order chi connectivity index (χ0) is 9.14. The second-order valence-electron chi connectivity index (χ2n) is 3.27. The van der Waals surface area contributed by atoms with E-state index in [1.807, 2.05) is 19.0 Å². The molecule has 0 saturated carbocycles. The zero-order valence-corrected chi connectivity index (χ0v) is 7.79. The van der Waals surface area contributed by atoms with Gasteiger partial charge in [0.1, 0.15) is 0 Å². The lowest BCUT2D eigenvalue weighted by atomic mass is 10.2. The van der Waals surface area contributed by atoms with Crippen molar-refractivity contribution in [2.45, 2.75) is 25.8 Å². The Labute approximate surface area is 73.3 Å². The summed E-state index contributed by atoms with van der Waals surface area (Å²) in [4.78, 5) is 11.3. The highest BCUT2D eigenvalue weighted by atomic mass is 16.2. The number of hydrogen-bond acceptors (Lipinski definition) is 3. The van der Waals surface area contributed by atoms with Gasteiger partial charge in [-0.05, 0) is 13.3 Å². The Bertz CT molecular complexity index is 172. The number of nitrogens with zero attached hydrogens (tertiary/aromatic N) is 2. The van der Waals surface area contributed by atoms with Crippen molar-refractivity contribution in [1.29, 1.82) is 0 Å². The van der Waals surface area contributed by atoms with Crippen molar-refractivity contribution in [3.05, 3.63) is 0 Å². The number of amides is 1. The minimum absolute atomic E-state index is 0.196. The van der Waals surface area contributed by atoms with Gasteiger partial charge in [-0.2, -0.15) is 0 Å². The number of carbonyl (C=O) groups is 1. The smallest absolute Gasteiger partial charge is 0.236 e. The fraction of sp³-hybridized carbons (Fsp3) is 0.875. The minimum Gasteiger partial charge on any atom is -0.329 e. The monoisotopic (exact) mass is 171 g/mol. The van der Waals surface area contributed by atoms with Crippen LogP contribution in [-0.4, -0.2) is 42.1 Å². The summed E-state index contributed by atoms with van der Waals surface area (Å²) in [5.74, 6) is 0.196. The maximum absolute atomic E-state index is 11.3. The van der Waals surface area contributed by atoms with E-state index in [1.165, 1.54) is 0 Å². The SMILES string of the molecule is CC(CN)N1CCCC(=O)N1C. The molecule has 0 bridgehead atoms. The van der Waals surface area contributed by atoms with Gasteiger partial charge in [-0.3, -0.25) is 9.80 Å². The number of rotatable bonds is 2. The quantitative estimate of drug-likeness (QED) is 0.626. The molecule has 1 unspecified atom stereocenters. The summed E-state index contributed by atoms with van der Waals surface area (Å²) in [7, 11) is 1.81. The molecule has 1 fully saturated rings. The van der Waals surface area contributed by atoms with Gasteiger partial charge in [0.25, 0.3) is 0 Å². The molecule has 0 spiro atoms. The number of nitrogens with two attached hydrogens (primary N) is 1. The molecule has 0 aromatic heterocycles. The maximum atomic E-state index is 11.3. The summed E-state index contributed by atoms with van der Waals surface area (Å²) >= 11 is 0. The summed E-state index contributed by atoms with van der Waals surface area (Å²) in [6, 6.07) is 0.263. The molecule has 2 N–H and O–H groups in total. The molecule has 4 heteroatoms. The lowest BCUT2D eigenvalue weighted by Gasteiger charge is -2.39. The van der Waals surface area contributed by atoms with E-state index in [9.17, 15) is 4.79 Å². The van der Waals surface area contributed by atoms with Gasteiger partial charge in [-0.15, -0.1) is 0 Å². The van der Waals surface area contributed by atoms with Crippen LogP contribution in [0.25, 0.3) is 0 Å². The van der Waals surface area contributed by atoms with Crippen LogP contribution < -0.4 is 5.73 Å². The van der Waals surface area contributed by atoms with Crippen LogP contribution in [0.4, 0.5) is 0 Å². The normalized spacial score (nSPS) is 22.9. The van der Waals surface area contributed by atoms with Gasteiger partial charge in [-0.25, -0.2) is 5.01 Å². The topological polar surface area (TPSA) is 49.6 Å². The highest BCUT2D eigenvalue weighted by Crippen LogP contribution is 2.12. The van der Waals surface area contributed by atoms with E-state index in [1.54, 1.807) is 5.01 Å². The first-order valence-corrected chi connectivity index (χ1v) is 4.40. The van der Waals surface area contributed by atoms with Crippen LogP contribution in [-0.2, 0) is 4.79 Å². The zero-order valence-electron chi connectivity index (χ0n) is 7.79. The molecule has 1 atom stereocenters. The van der Waals surface area contributed by atoms with Gasteiger partial charge in [0.15, 0.2) is 0 Å². The van der Waals surface area contributed by atoms with Crippen molar-refractivity contribution >= 4 is 5.91 Å². The molecule has 0 aliphatic carbocycles. The van der Waals surface area contributed by atoms with E-state index in [4.69, 9.17) is 5.73 Å². The van der Waals surface area contributed by atoms with E-state index in [2.05, 4.69) is 0 Å². The van der Waals surface area contributed by atoms with E-state index in [0.29, 0.717) is 13.0 Å². The van der Waals surface area contributed by atoms with Crippen LogP contribution in [0.15, 0.2) is 0 Å². The summed E-state index contributed by atoms with van der Waals surface area (Å²) in [6.45, 7) is 3.58. The number of hydrazine groups is 1. The molecule has 4 nitrogen and oxygen atoms in total. The van der Waals surface area contributed by atoms with Crippen LogP contribution in [0.3, 0.4) is 0 Å². The standard InChI is InChI=1S/C8H17N3O/c1-7(6-9)11-5-3-4-8(12)10(11)2/h7H,3-6,9H2,1-2H3. The molecular weight excluding hydrogens is 154 g/mol. The fourth-order valence-corrected chi connectivity index (χ4v) is 1.49. The molecule has 0 radical (unpaired) electrons. The van der Waals surface area contributed by atoms with Crippen LogP contribution in [0.5, 0.6) is 0 Å². The Balaban J connectivity index is 2.57. The molecule has 12 heavy (non-hydrogen) atoms. The second-order valence-corrected chi connectivity index (χ2v) is 3.27. The molecule has 0 aromatic rings. The Hall–Kier alpha value is -0.610. The highest BCUT2D eigenvalue weighted by molar-refractivity contribution is 5.75.